The second-order valence-corrected chi connectivity index (χ2v) is 5.96. The van der Waals surface area contributed by atoms with Crippen LogP contribution in [0.5, 0.6) is 0 Å². The Morgan fingerprint density at radius 2 is 1.92 bits per heavy atom. The Balaban J connectivity index is 2.51. The van der Waals surface area contributed by atoms with E-state index < -0.39 is 0 Å². The summed E-state index contributed by atoms with van der Waals surface area (Å²) < 4.78 is 0. The minimum Gasteiger partial charge on any atom is -0.398 e. The Labute approximate surface area is 84.0 Å². The molecule has 0 fully saturated rings. The van der Waals surface area contributed by atoms with Crippen molar-refractivity contribution in [3.05, 3.63) is 15.3 Å². The van der Waals surface area contributed by atoms with Crippen molar-refractivity contribution in [2.45, 2.75) is 45.4 Å². The first kappa shape index (κ1) is 9.07. The van der Waals surface area contributed by atoms with Gasteiger partial charge in [0, 0.05) is 15.4 Å². The average Bonchev–Trinajstić information content (AvgIpc) is 2.51. The third kappa shape index (κ3) is 1.37. The van der Waals surface area contributed by atoms with Crippen LogP contribution < -0.4 is 5.73 Å². The highest BCUT2D eigenvalue weighted by Crippen LogP contribution is 2.42. The number of anilines is 1. The lowest BCUT2D eigenvalue weighted by Gasteiger charge is -2.17. The first-order valence-corrected chi connectivity index (χ1v) is 5.72. The summed E-state index contributed by atoms with van der Waals surface area (Å²) in [7, 11) is 0. The van der Waals surface area contributed by atoms with Crippen molar-refractivity contribution in [3.8, 4) is 0 Å². The summed E-state index contributed by atoms with van der Waals surface area (Å²) >= 11 is 1.93. The van der Waals surface area contributed by atoms with E-state index in [0.29, 0.717) is 0 Å². The molecule has 1 aliphatic rings. The zero-order chi connectivity index (χ0) is 9.64. The quantitative estimate of drug-likeness (QED) is 0.676. The Kier molecular flexibility index (Phi) is 1.91. The van der Waals surface area contributed by atoms with Crippen LogP contribution in [0.4, 0.5) is 5.69 Å². The number of hydrogen-bond donors (Lipinski definition) is 1. The highest BCUT2D eigenvalue weighted by molar-refractivity contribution is 7.13. The predicted octanol–water partition coefficient (Wildman–Crippen LogP) is 3.12. The van der Waals surface area contributed by atoms with E-state index in [2.05, 4.69) is 20.8 Å². The number of thiophene rings is 1. The predicted molar refractivity (Wildman–Crippen MR) is 59.5 cm³/mol. The molecule has 2 rings (SSSR count). The summed E-state index contributed by atoms with van der Waals surface area (Å²) in [5.74, 6) is 0. The fourth-order valence-electron chi connectivity index (χ4n) is 1.99. The van der Waals surface area contributed by atoms with Gasteiger partial charge in [0.2, 0.25) is 0 Å². The molecule has 0 unspecified atom stereocenters. The SMILES string of the molecule is CC(C)(C)c1sc2c(c1N)CCC2. The summed E-state index contributed by atoms with van der Waals surface area (Å²) in [4.78, 5) is 2.93. The second-order valence-electron chi connectivity index (χ2n) is 4.85. The molecule has 1 aromatic heterocycles. The molecule has 2 heteroatoms. The second kappa shape index (κ2) is 2.74. The van der Waals surface area contributed by atoms with Crippen LogP contribution in [0.3, 0.4) is 0 Å². The molecule has 1 aliphatic carbocycles. The van der Waals surface area contributed by atoms with Crippen molar-refractivity contribution >= 4 is 17.0 Å². The molecule has 0 amide bonds. The molecule has 13 heavy (non-hydrogen) atoms. The molecule has 1 aromatic rings. The molecular weight excluding hydrogens is 178 g/mol. The molecule has 72 valence electrons. The normalized spacial score (nSPS) is 16.2. The van der Waals surface area contributed by atoms with Crippen molar-refractivity contribution in [1.82, 2.24) is 0 Å². The Morgan fingerprint density at radius 3 is 2.46 bits per heavy atom. The van der Waals surface area contributed by atoms with E-state index in [4.69, 9.17) is 5.73 Å². The van der Waals surface area contributed by atoms with Crippen LogP contribution in [0.25, 0.3) is 0 Å². The molecule has 2 N–H and O–H groups in total. The van der Waals surface area contributed by atoms with E-state index in [9.17, 15) is 0 Å². The molecule has 0 radical (unpaired) electrons. The molecule has 1 heterocycles. The summed E-state index contributed by atoms with van der Waals surface area (Å²) in [5.41, 5.74) is 8.91. The van der Waals surface area contributed by atoms with Crippen LogP contribution in [0.1, 0.15) is 42.5 Å². The van der Waals surface area contributed by atoms with Gasteiger partial charge in [0.25, 0.3) is 0 Å². The van der Waals surface area contributed by atoms with E-state index in [-0.39, 0.29) is 5.41 Å². The minimum atomic E-state index is 0.221. The molecule has 1 nitrogen and oxygen atoms in total. The standard InChI is InChI=1S/C11H17NS/c1-11(2,3)10-9(12)7-5-4-6-8(7)13-10/h4-6,12H2,1-3H3. The highest BCUT2D eigenvalue weighted by atomic mass is 32.1. The number of nitrogen functional groups attached to an aromatic ring is 1. The van der Waals surface area contributed by atoms with Crippen LogP contribution in [-0.2, 0) is 18.3 Å². The summed E-state index contributed by atoms with van der Waals surface area (Å²) in [5, 5.41) is 0. The fraction of sp³-hybridized carbons (Fsp3) is 0.636. The number of hydrogen-bond acceptors (Lipinski definition) is 2. The van der Waals surface area contributed by atoms with Gasteiger partial charge < -0.3 is 5.73 Å². The van der Waals surface area contributed by atoms with Gasteiger partial charge in [-0.05, 0) is 30.2 Å². The summed E-state index contributed by atoms with van der Waals surface area (Å²) in [6.45, 7) is 6.72. The molecule has 0 aliphatic heterocycles. The van der Waals surface area contributed by atoms with Crippen molar-refractivity contribution in [2.24, 2.45) is 0 Å². The summed E-state index contributed by atoms with van der Waals surface area (Å²) in [6.07, 6.45) is 3.75. The first-order chi connectivity index (χ1) is 6.00. The molecule has 0 saturated heterocycles. The van der Waals surface area contributed by atoms with Crippen LogP contribution in [0.15, 0.2) is 0 Å². The lowest BCUT2D eigenvalue weighted by Crippen LogP contribution is -2.11. The molecule has 0 atom stereocenters. The van der Waals surface area contributed by atoms with Crippen molar-refractivity contribution in [3.63, 3.8) is 0 Å². The molecular formula is C11H17NS. The largest absolute Gasteiger partial charge is 0.398 e. The minimum absolute atomic E-state index is 0.221. The van der Waals surface area contributed by atoms with Crippen LogP contribution in [0, 0.1) is 0 Å². The number of aryl methyl sites for hydroxylation is 1. The summed E-state index contributed by atoms with van der Waals surface area (Å²) in [6, 6.07) is 0. The van der Waals surface area contributed by atoms with Gasteiger partial charge in [0.15, 0.2) is 0 Å². The van der Waals surface area contributed by atoms with Gasteiger partial charge in [0.05, 0.1) is 0 Å². The van der Waals surface area contributed by atoms with Gasteiger partial charge in [0.1, 0.15) is 0 Å². The lowest BCUT2D eigenvalue weighted by atomic mass is 9.92. The third-order valence-electron chi connectivity index (χ3n) is 2.64. The maximum atomic E-state index is 6.15. The topological polar surface area (TPSA) is 26.0 Å². The maximum Gasteiger partial charge on any atom is 0.0496 e. The smallest absolute Gasteiger partial charge is 0.0496 e. The van der Waals surface area contributed by atoms with Crippen LogP contribution in [0.2, 0.25) is 0 Å². The average molecular weight is 195 g/mol. The van der Waals surface area contributed by atoms with E-state index in [1.807, 2.05) is 11.3 Å². The molecule has 0 aromatic carbocycles. The zero-order valence-corrected chi connectivity index (χ0v) is 9.42. The Bertz CT molecular complexity index is 331. The molecule has 0 saturated carbocycles. The van der Waals surface area contributed by atoms with E-state index >= 15 is 0 Å². The van der Waals surface area contributed by atoms with Crippen LogP contribution >= 0.6 is 11.3 Å². The molecule has 0 bridgehead atoms. The number of rotatable bonds is 0. The van der Waals surface area contributed by atoms with E-state index in [1.165, 1.54) is 29.7 Å². The number of nitrogens with two attached hydrogens (primary N) is 1. The van der Waals surface area contributed by atoms with E-state index in [0.717, 1.165) is 5.69 Å². The number of fused-ring (bicyclic) bond motifs is 1. The van der Waals surface area contributed by atoms with Gasteiger partial charge in [-0.1, -0.05) is 20.8 Å². The monoisotopic (exact) mass is 195 g/mol. The lowest BCUT2D eigenvalue weighted by molar-refractivity contribution is 0.605. The van der Waals surface area contributed by atoms with E-state index in [1.54, 1.807) is 4.88 Å². The van der Waals surface area contributed by atoms with Gasteiger partial charge in [-0.25, -0.2) is 0 Å². The van der Waals surface area contributed by atoms with Gasteiger partial charge in [-0.3, -0.25) is 0 Å². The fourth-order valence-corrected chi connectivity index (χ4v) is 3.35. The van der Waals surface area contributed by atoms with Crippen LogP contribution in [-0.4, -0.2) is 0 Å². The zero-order valence-electron chi connectivity index (χ0n) is 8.61. The Hall–Kier alpha value is -0.500. The van der Waals surface area contributed by atoms with Crippen molar-refractivity contribution in [1.29, 1.82) is 0 Å². The van der Waals surface area contributed by atoms with Gasteiger partial charge in [-0.15, -0.1) is 11.3 Å². The molecule has 0 spiro atoms. The highest BCUT2D eigenvalue weighted by Gasteiger charge is 2.26. The first-order valence-electron chi connectivity index (χ1n) is 4.90. The Morgan fingerprint density at radius 1 is 1.23 bits per heavy atom. The van der Waals surface area contributed by atoms with Crippen molar-refractivity contribution < 1.29 is 0 Å². The maximum absolute atomic E-state index is 6.15. The van der Waals surface area contributed by atoms with Crippen molar-refractivity contribution in [2.75, 3.05) is 5.73 Å². The third-order valence-corrected chi connectivity index (χ3v) is 4.38. The van der Waals surface area contributed by atoms with Gasteiger partial charge in [-0.2, -0.15) is 0 Å². The van der Waals surface area contributed by atoms with Gasteiger partial charge >= 0.3 is 0 Å².